The first-order chi connectivity index (χ1) is 13.5. The number of carboxylic acids is 1. The van der Waals surface area contributed by atoms with E-state index in [-0.39, 0.29) is 18.4 Å². The molecule has 2 aromatic rings. The molecule has 0 fully saturated rings. The van der Waals surface area contributed by atoms with E-state index in [1.807, 2.05) is 43.3 Å². The molecular weight excluding hydrogens is 354 g/mol. The van der Waals surface area contributed by atoms with E-state index in [9.17, 15) is 14.7 Å². The Balaban J connectivity index is 1.65. The first-order valence-electron chi connectivity index (χ1n) is 9.85. The highest BCUT2D eigenvalue weighted by Gasteiger charge is 2.30. The topological polar surface area (TPSA) is 75.6 Å². The molecule has 3 rings (SSSR count). The summed E-state index contributed by atoms with van der Waals surface area (Å²) >= 11 is 0. The molecule has 0 heterocycles. The molecule has 1 amide bonds. The van der Waals surface area contributed by atoms with Crippen molar-refractivity contribution in [3.63, 3.8) is 0 Å². The number of rotatable bonds is 8. The molecule has 0 spiro atoms. The molecular formula is C23H27NO4. The number of ether oxygens (including phenoxy) is 1. The summed E-state index contributed by atoms with van der Waals surface area (Å²) in [6.07, 6.45) is 1.63. The molecule has 2 N–H and O–H groups in total. The van der Waals surface area contributed by atoms with Gasteiger partial charge in [0.25, 0.3) is 0 Å². The number of carboxylic acid groups (broad SMARTS) is 1. The second-order valence-corrected chi connectivity index (χ2v) is 7.49. The Labute approximate surface area is 165 Å². The number of carbonyl (C=O) groups is 2. The van der Waals surface area contributed by atoms with Crippen LogP contribution in [-0.4, -0.2) is 29.8 Å². The van der Waals surface area contributed by atoms with Gasteiger partial charge < -0.3 is 15.2 Å². The van der Waals surface area contributed by atoms with Crippen LogP contribution in [0.4, 0.5) is 4.79 Å². The predicted octanol–water partition coefficient (Wildman–Crippen LogP) is 4.80. The van der Waals surface area contributed by atoms with Crippen molar-refractivity contribution in [2.24, 2.45) is 5.92 Å². The largest absolute Gasteiger partial charge is 0.480 e. The van der Waals surface area contributed by atoms with E-state index in [1.165, 1.54) is 0 Å². The van der Waals surface area contributed by atoms with Crippen LogP contribution in [0, 0.1) is 5.92 Å². The van der Waals surface area contributed by atoms with Crippen molar-refractivity contribution >= 4 is 12.1 Å². The highest BCUT2D eigenvalue weighted by molar-refractivity contribution is 5.81. The lowest BCUT2D eigenvalue weighted by molar-refractivity contribution is -0.139. The standard InChI is InChI=1S/C23H27NO4/c1-3-8-15(2)13-21(22(25)26)24-23(27)28-14-20-18-11-6-4-9-16(18)17-10-5-7-12-19(17)20/h4-7,9-12,15,20-21H,3,8,13-14H2,1-2H3,(H,24,27)(H,25,26). The van der Waals surface area contributed by atoms with Crippen LogP contribution in [-0.2, 0) is 9.53 Å². The molecule has 2 aromatic carbocycles. The fraction of sp³-hybridized carbons (Fsp3) is 0.391. The van der Waals surface area contributed by atoms with Crippen molar-refractivity contribution < 1.29 is 19.4 Å². The van der Waals surface area contributed by atoms with Gasteiger partial charge in [0.2, 0.25) is 0 Å². The summed E-state index contributed by atoms with van der Waals surface area (Å²) in [6, 6.07) is 15.3. The van der Waals surface area contributed by atoms with Crippen molar-refractivity contribution in [1.29, 1.82) is 0 Å². The van der Waals surface area contributed by atoms with Gasteiger partial charge in [-0.25, -0.2) is 9.59 Å². The number of hydrogen-bond donors (Lipinski definition) is 2. The number of nitrogens with one attached hydrogen (secondary N) is 1. The minimum Gasteiger partial charge on any atom is -0.480 e. The smallest absolute Gasteiger partial charge is 0.407 e. The Hall–Kier alpha value is -2.82. The van der Waals surface area contributed by atoms with Gasteiger partial charge in [-0.15, -0.1) is 0 Å². The molecule has 5 nitrogen and oxygen atoms in total. The third kappa shape index (κ3) is 4.35. The average molecular weight is 381 g/mol. The maximum Gasteiger partial charge on any atom is 0.407 e. The maximum atomic E-state index is 12.3. The van der Waals surface area contributed by atoms with E-state index in [0.717, 1.165) is 35.1 Å². The van der Waals surface area contributed by atoms with Crippen molar-refractivity contribution in [1.82, 2.24) is 5.32 Å². The van der Waals surface area contributed by atoms with Crippen molar-refractivity contribution in [3.8, 4) is 11.1 Å². The number of benzene rings is 2. The molecule has 0 saturated carbocycles. The minimum absolute atomic E-state index is 0.0413. The van der Waals surface area contributed by atoms with Gasteiger partial charge in [-0.1, -0.05) is 75.2 Å². The molecule has 0 saturated heterocycles. The first kappa shape index (κ1) is 19.9. The van der Waals surface area contributed by atoms with Gasteiger partial charge in [0.1, 0.15) is 12.6 Å². The van der Waals surface area contributed by atoms with Crippen molar-refractivity contribution in [2.45, 2.75) is 45.1 Å². The summed E-state index contributed by atoms with van der Waals surface area (Å²) in [7, 11) is 0. The Bertz CT molecular complexity index is 803. The van der Waals surface area contributed by atoms with Gasteiger partial charge in [0.05, 0.1) is 0 Å². The van der Waals surface area contributed by atoms with Crippen LogP contribution in [0.1, 0.15) is 50.2 Å². The fourth-order valence-corrected chi connectivity index (χ4v) is 4.02. The van der Waals surface area contributed by atoms with Gasteiger partial charge >= 0.3 is 12.1 Å². The Morgan fingerprint density at radius 1 is 1.07 bits per heavy atom. The van der Waals surface area contributed by atoms with Crippen molar-refractivity contribution in [3.05, 3.63) is 59.7 Å². The first-order valence-corrected chi connectivity index (χ1v) is 9.85. The van der Waals surface area contributed by atoms with E-state index >= 15 is 0 Å². The monoisotopic (exact) mass is 381 g/mol. The normalized spacial score (nSPS) is 14.6. The molecule has 0 aliphatic heterocycles. The molecule has 0 bridgehead atoms. The van der Waals surface area contributed by atoms with Crippen LogP contribution < -0.4 is 5.32 Å². The van der Waals surface area contributed by atoms with Gasteiger partial charge in [0.15, 0.2) is 0 Å². The van der Waals surface area contributed by atoms with Gasteiger partial charge in [-0.2, -0.15) is 0 Å². The lowest BCUT2D eigenvalue weighted by Gasteiger charge is -2.19. The summed E-state index contributed by atoms with van der Waals surface area (Å²) in [5.41, 5.74) is 4.57. The maximum absolute atomic E-state index is 12.3. The van der Waals surface area contributed by atoms with E-state index in [1.54, 1.807) is 0 Å². The molecule has 148 valence electrons. The summed E-state index contributed by atoms with van der Waals surface area (Å²) in [4.78, 5) is 23.8. The third-order valence-corrected chi connectivity index (χ3v) is 5.35. The molecule has 2 atom stereocenters. The molecule has 2 unspecified atom stereocenters. The highest BCUT2D eigenvalue weighted by Crippen LogP contribution is 2.44. The van der Waals surface area contributed by atoms with E-state index in [4.69, 9.17) is 4.74 Å². The second-order valence-electron chi connectivity index (χ2n) is 7.49. The third-order valence-electron chi connectivity index (χ3n) is 5.35. The zero-order chi connectivity index (χ0) is 20.1. The van der Waals surface area contributed by atoms with Gasteiger partial charge in [-0.05, 0) is 34.6 Å². The van der Waals surface area contributed by atoms with Crippen LogP contribution in [0.25, 0.3) is 11.1 Å². The van der Waals surface area contributed by atoms with Crippen molar-refractivity contribution in [2.75, 3.05) is 6.61 Å². The van der Waals surface area contributed by atoms with Crippen LogP contribution in [0.2, 0.25) is 0 Å². The lowest BCUT2D eigenvalue weighted by atomic mass is 9.97. The van der Waals surface area contributed by atoms with E-state index in [0.29, 0.717) is 6.42 Å². The van der Waals surface area contributed by atoms with Crippen LogP contribution >= 0.6 is 0 Å². The zero-order valence-electron chi connectivity index (χ0n) is 16.4. The quantitative estimate of drug-likeness (QED) is 0.688. The Kier molecular flexibility index (Phi) is 6.34. The average Bonchev–Trinajstić information content (AvgIpc) is 3.00. The number of aliphatic carboxylic acids is 1. The van der Waals surface area contributed by atoms with Crippen LogP contribution in [0.15, 0.2) is 48.5 Å². The van der Waals surface area contributed by atoms with Gasteiger partial charge in [-0.3, -0.25) is 0 Å². The van der Waals surface area contributed by atoms with Crippen LogP contribution in [0.3, 0.4) is 0 Å². The number of hydrogen-bond acceptors (Lipinski definition) is 3. The molecule has 0 aromatic heterocycles. The molecule has 0 radical (unpaired) electrons. The lowest BCUT2D eigenvalue weighted by Crippen LogP contribution is -2.42. The highest BCUT2D eigenvalue weighted by atomic mass is 16.5. The Morgan fingerprint density at radius 3 is 2.18 bits per heavy atom. The fourth-order valence-electron chi connectivity index (χ4n) is 4.02. The zero-order valence-corrected chi connectivity index (χ0v) is 16.4. The number of fused-ring (bicyclic) bond motifs is 3. The van der Waals surface area contributed by atoms with E-state index < -0.39 is 18.1 Å². The second kappa shape index (κ2) is 8.91. The summed E-state index contributed by atoms with van der Waals surface area (Å²) in [6.45, 7) is 4.24. The molecule has 1 aliphatic rings. The molecule has 28 heavy (non-hydrogen) atoms. The molecule has 1 aliphatic carbocycles. The Morgan fingerprint density at radius 2 is 1.64 bits per heavy atom. The van der Waals surface area contributed by atoms with E-state index in [2.05, 4.69) is 24.4 Å². The number of alkyl carbamates (subject to hydrolysis) is 1. The SMILES string of the molecule is CCCC(C)CC(NC(=O)OCC1c2ccccc2-c2ccccc21)C(=O)O. The predicted molar refractivity (Wildman–Crippen MR) is 108 cm³/mol. The van der Waals surface area contributed by atoms with Crippen LogP contribution in [0.5, 0.6) is 0 Å². The summed E-state index contributed by atoms with van der Waals surface area (Å²) in [5.74, 6) is -0.850. The summed E-state index contributed by atoms with van der Waals surface area (Å²) in [5, 5.41) is 11.9. The number of carbonyl (C=O) groups excluding carboxylic acids is 1. The number of amides is 1. The summed E-state index contributed by atoms with van der Waals surface area (Å²) < 4.78 is 5.45. The minimum atomic E-state index is -1.03. The van der Waals surface area contributed by atoms with Gasteiger partial charge in [0, 0.05) is 5.92 Å². The molecule has 5 heteroatoms.